The Hall–Kier alpha value is -0.195. The van der Waals surface area contributed by atoms with E-state index in [1.54, 1.807) is 0 Å². The highest BCUT2D eigenvalue weighted by Gasteiger charge is 1.86. The van der Waals surface area contributed by atoms with Crippen LogP contribution in [0.5, 0.6) is 0 Å². The molecular formula is C8H17B. The monoisotopic (exact) mass is 124 g/mol. The van der Waals surface area contributed by atoms with E-state index in [-0.39, 0.29) is 0 Å². The fraction of sp³-hybridized carbons (Fsp3) is 0.750. The summed E-state index contributed by atoms with van der Waals surface area (Å²) >= 11 is 0. The summed E-state index contributed by atoms with van der Waals surface area (Å²) in [4.78, 5) is 0. The molecule has 0 saturated heterocycles. The standard InChI is InChI=1S/C8H17B/c1-3-5-6-8-9-7-4-2/h4,9H,2-3,5-8H2,1H3. The van der Waals surface area contributed by atoms with E-state index in [1.807, 2.05) is 6.08 Å². The second-order valence-electron chi connectivity index (χ2n) is 2.49. The van der Waals surface area contributed by atoms with Crippen LogP contribution in [-0.4, -0.2) is 7.28 Å². The maximum Gasteiger partial charge on any atom is 0.124 e. The summed E-state index contributed by atoms with van der Waals surface area (Å²) in [6, 6.07) is 0. The van der Waals surface area contributed by atoms with Gasteiger partial charge in [0.2, 0.25) is 0 Å². The van der Waals surface area contributed by atoms with Crippen LogP contribution >= 0.6 is 0 Å². The molecule has 0 aromatic rings. The molecule has 0 heterocycles. The van der Waals surface area contributed by atoms with E-state index in [4.69, 9.17) is 0 Å². The van der Waals surface area contributed by atoms with E-state index >= 15 is 0 Å². The molecule has 0 aliphatic heterocycles. The highest BCUT2D eigenvalue weighted by molar-refractivity contribution is 6.35. The molecule has 0 N–H and O–H groups in total. The van der Waals surface area contributed by atoms with Crippen molar-refractivity contribution in [2.24, 2.45) is 0 Å². The Bertz CT molecular complexity index is 59.6. The number of hydrogen-bond donors (Lipinski definition) is 0. The van der Waals surface area contributed by atoms with Gasteiger partial charge in [-0.3, -0.25) is 0 Å². The van der Waals surface area contributed by atoms with Crippen LogP contribution in [0.15, 0.2) is 12.7 Å². The molecule has 0 saturated carbocycles. The Labute approximate surface area is 59.6 Å². The second kappa shape index (κ2) is 7.80. The average molecular weight is 124 g/mol. The third kappa shape index (κ3) is 7.80. The molecular weight excluding hydrogens is 107 g/mol. The summed E-state index contributed by atoms with van der Waals surface area (Å²) in [5.41, 5.74) is 0. The molecule has 0 nitrogen and oxygen atoms in total. The van der Waals surface area contributed by atoms with Crippen molar-refractivity contribution in [3.63, 3.8) is 0 Å². The molecule has 1 heteroatoms. The third-order valence-electron chi connectivity index (χ3n) is 1.51. The molecule has 0 amide bonds. The first kappa shape index (κ1) is 8.80. The first-order chi connectivity index (χ1) is 4.41. The summed E-state index contributed by atoms with van der Waals surface area (Å²) in [6.07, 6.45) is 8.74. The van der Waals surface area contributed by atoms with Gasteiger partial charge in [0.25, 0.3) is 0 Å². The van der Waals surface area contributed by atoms with Gasteiger partial charge in [0.05, 0.1) is 0 Å². The Morgan fingerprint density at radius 3 is 2.78 bits per heavy atom. The molecule has 0 bridgehead atoms. The van der Waals surface area contributed by atoms with Crippen LogP contribution in [0.2, 0.25) is 12.6 Å². The van der Waals surface area contributed by atoms with E-state index in [0.29, 0.717) is 0 Å². The summed E-state index contributed by atoms with van der Waals surface area (Å²) in [5.74, 6) is 0. The minimum absolute atomic E-state index is 1.20. The van der Waals surface area contributed by atoms with Crippen molar-refractivity contribution in [3.8, 4) is 0 Å². The average Bonchev–Trinajstić information content (AvgIpc) is 1.89. The topological polar surface area (TPSA) is 0 Å². The quantitative estimate of drug-likeness (QED) is 0.290. The van der Waals surface area contributed by atoms with E-state index in [0.717, 1.165) is 0 Å². The summed E-state index contributed by atoms with van der Waals surface area (Å²) in [5, 5.41) is 0. The van der Waals surface area contributed by atoms with Crippen molar-refractivity contribution in [1.82, 2.24) is 0 Å². The normalized spacial score (nSPS) is 9.00. The summed E-state index contributed by atoms with van der Waals surface area (Å²) in [6.45, 7) is 5.92. The molecule has 0 fully saturated rings. The van der Waals surface area contributed by atoms with Crippen LogP contribution in [-0.2, 0) is 0 Å². The van der Waals surface area contributed by atoms with Crippen LogP contribution in [0.25, 0.3) is 0 Å². The summed E-state index contributed by atoms with van der Waals surface area (Å²) in [7, 11) is 1.34. The minimum atomic E-state index is 1.20. The predicted molar refractivity (Wildman–Crippen MR) is 46.5 cm³/mol. The van der Waals surface area contributed by atoms with Gasteiger partial charge in [-0.1, -0.05) is 44.9 Å². The van der Waals surface area contributed by atoms with Gasteiger partial charge in [0.15, 0.2) is 0 Å². The fourth-order valence-electron chi connectivity index (χ4n) is 0.892. The van der Waals surface area contributed by atoms with Crippen molar-refractivity contribution in [2.45, 2.75) is 38.8 Å². The molecule has 0 aliphatic carbocycles. The molecule has 0 spiro atoms. The van der Waals surface area contributed by atoms with Gasteiger partial charge in [-0.15, -0.1) is 6.58 Å². The van der Waals surface area contributed by atoms with Gasteiger partial charge in [0.1, 0.15) is 7.28 Å². The minimum Gasteiger partial charge on any atom is -0.104 e. The lowest BCUT2D eigenvalue weighted by atomic mass is 9.70. The highest BCUT2D eigenvalue weighted by atomic mass is 13.8. The number of unbranched alkanes of at least 4 members (excludes halogenated alkanes) is 2. The Kier molecular flexibility index (Phi) is 7.64. The predicted octanol–water partition coefficient (Wildman–Crippen LogP) is 2.64. The molecule has 0 radical (unpaired) electrons. The molecule has 0 aliphatic rings. The highest BCUT2D eigenvalue weighted by Crippen LogP contribution is 1.99. The maximum absolute atomic E-state index is 3.68. The van der Waals surface area contributed by atoms with Crippen molar-refractivity contribution in [3.05, 3.63) is 12.7 Å². The lowest BCUT2D eigenvalue weighted by molar-refractivity contribution is 0.768. The van der Waals surface area contributed by atoms with Gasteiger partial charge >= 0.3 is 0 Å². The zero-order valence-electron chi connectivity index (χ0n) is 6.53. The van der Waals surface area contributed by atoms with Crippen LogP contribution in [0.1, 0.15) is 26.2 Å². The largest absolute Gasteiger partial charge is 0.124 e. The zero-order chi connectivity index (χ0) is 6.95. The van der Waals surface area contributed by atoms with Gasteiger partial charge in [-0.2, -0.15) is 0 Å². The van der Waals surface area contributed by atoms with Crippen molar-refractivity contribution in [2.75, 3.05) is 0 Å². The number of rotatable bonds is 6. The summed E-state index contributed by atoms with van der Waals surface area (Å²) < 4.78 is 0. The maximum atomic E-state index is 3.68. The molecule has 52 valence electrons. The third-order valence-corrected chi connectivity index (χ3v) is 1.51. The molecule has 0 rings (SSSR count). The molecule has 0 atom stereocenters. The van der Waals surface area contributed by atoms with Crippen molar-refractivity contribution >= 4 is 7.28 Å². The Morgan fingerprint density at radius 1 is 1.44 bits per heavy atom. The fourth-order valence-corrected chi connectivity index (χ4v) is 0.892. The van der Waals surface area contributed by atoms with Gasteiger partial charge < -0.3 is 0 Å². The van der Waals surface area contributed by atoms with Crippen LogP contribution in [0.3, 0.4) is 0 Å². The smallest absolute Gasteiger partial charge is 0.104 e. The van der Waals surface area contributed by atoms with Gasteiger partial charge in [-0.25, -0.2) is 0 Å². The van der Waals surface area contributed by atoms with Gasteiger partial charge in [0, 0.05) is 0 Å². The molecule has 9 heavy (non-hydrogen) atoms. The SMILES string of the molecule is C=CCBCCCCC. The second-order valence-corrected chi connectivity index (χ2v) is 2.49. The lowest BCUT2D eigenvalue weighted by Crippen LogP contribution is -1.85. The van der Waals surface area contributed by atoms with E-state index in [2.05, 4.69) is 13.5 Å². The van der Waals surface area contributed by atoms with Crippen molar-refractivity contribution < 1.29 is 0 Å². The van der Waals surface area contributed by atoms with E-state index < -0.39 is 0 Å². The lowest BCUT2D eigenvalue weighted by Gasteiger charge is -1.92. The van der Waals surface area contributed by atoms with Crippen LogP contribution < -0.4 is 0 Å². The van der Waals surface area contributed by atoms with Crippen LogP contribution in [0, 0.1) is 0 Å². The first-order valence-corrected chi connectivity index (χ1v) is 4.02. The zero-order valence-corrected chi connectivity index (χ0v) is 6.53. The van der Waals surface area contributed by atoms with Crippen molar-refractivity contribution in [1.29, 1.82) is 0 Å². The first-order valence-electron chi connectivity index (χ1n) is 4.02. The molecule has 0 unspecified atom stereocenters. The molecule has 0 aromatic heterocycles. The van der Waals surface area contributed by atoms with Gasteiger partial charge in [-0.05, 0) is 0 Å². The van der Waals surface area contributed by atoms with Crippen LogP contribution in [0.4, 0.5) is 0 Å². The Morgan fingerprint density at radius 2 is 2.22 bits per heavy atom. The number of hydrogen-bond acceptors (Lipinski definition) is 0. The number of allylic oxidation sites excluding steroid dienone is 1. The Balaban J connectivity index is 2.66. The molecule has 0 aromatic carbocycles. The van der Waals surface area contributed by atoms with E-state index in [1.165, 1.54) is 39.2 Å². The van der Waals surface area contributed by atoms with E-state index in [9.17, 15) is 0 Å².